The summed E-state index contributed by atoms with van der Waals surface area (Å²) in [5.74, 6) is -1.45. The minimum Gasteiger partial charge on any atom is -0.368 e. The van der Waals surface area contributed by atoms with E-state index in [-0.39, 0.29) is 17.9 Å². The number of carbonyl (C=O) groups is 2. The second-order valence-corrected chi connectivity index (χ2v) is 7.37. The maximum atomic E-state index is 12.6. The first-order valence-electron chi connectivity index (χ1n) is 7.28. The third-order valence-corrected chi connectivity index (χ3v) is 5.65. The zero-order valence-electron chi connectivity index (χ0n) is 12.9. The Morgan fingerprint density at radius 3 is 2.36 bits per heavy atom. The summed E-state index contributed by atoms with van der Waals surface area (Å²) in [5, 5.41) is 2.24. The molecule has 1 atom stereocenters. The van der Waals surface area contributed by atoms with E-state index in [2.05, 4.69) is 5.32 Å². The van der Waals surface area contributed by atoms with Gasteiger partial charge in [0.1, 0.15) is 6.04 Å². The van der Waals surface area contributed by atoms with Crippen molar-refractivity contribution in [2.75, 3.05) is 13.1 Å². The van der Waals surface area contributed by atoms with Crippen molar-refractivity contribution in [2.45, 2.75) is 30.0 Å². The van der Waals surface area contributed by atoms with Gasteiger partial charge in [0, 0.05) is 6.54 Å². The molecule has 0 saturated carbocycles. The lowest BCUT2D eigenvalue weighted by atomic mass is 10.2. The van der Waals surface area contributed by atoms with E-state index in [0.29, 0.717) is 18.6 Å². The minimum absolute atomic E-state index is 0.0536. The Bertz CT molecular complexity index is 763. The summed E-state index contributed by atoms with van der Waals surface area (Å²) in [6.07, 6.45) is -3.92. The number of hydrogen-bond acceptors (Lipinski definition) is 4. The standard InChI is InChI=1S/C14H16F3N3O4S/c15-14(16,17)9-3-5-10(6-4-9)25(23,24)20-7-1-2-11(20)13(22)19-8-12(18)21/h3-6,11H,1-2,7-8H2,(H2,18,21)(H,19,22). The molecule has 1 unspecified atom stereocenters. The third kappa shape index (κ3) is 4.28. The molecule has 2 amide bonds. The van der Waals surface area contributed by atoms with Gasteiger partial charge in [0.15, 0.2) is 0 Å². The summed E-state index contributed by atoms with van der Waals surface area (Å²) in [7, 11) is -4.14. The van der Waals surface area contributed by atoms with E-state index in [1.54, 1.807) is 0 Å². The van der Waals surface area contributed by atoms with E-state index in [4.69, 9.17) is 5.73 Å². The highest BCUT2D eigenvalue weighted by Gasteiger charge is 2.40. The summed E-state index contributed by atoms with van der Waals surface area (Å²) in [6, 6.07) is 2.02. The number of sulfonamides is 1. The molecule has 25 heavy (non-hydrogen) atoms. The van der Waals surface area contributed by atoms with Gasteiger partial charge < -0.3 is 11.1 Å². The van der Waals surface area contributed by atoms with Gasteiger partial charge in [-0.25, -0.2) is 8.42 Å². The molecule has 11 heteroatoms. The third-order valence-electron chi connectivity index (χ3n) is 3.73. The topological polar surface area (TPSA) is 110 Å². The van der Waals surface area contributed by atoms with E-state index in [1.165, 1.54) is 0 Å². The number of carbonyl (C=O) groups excluding carboxylic acids is 2. The van der Waals surface area contributed by atoms with Crippen LogP contribution in [-0.4, -0.2) is 43.7 Å². The summed E-state index contributed by atoms with van der Waals surface area (Å²) in [4.78, 5) is 22.4. The van der Waals surface area contributed by atoms with Crippen molar-refractivity contribution >= 4 is 21.8 Å². The van der Waals surface area contributed by atoms with E-state index < -0.39 is 46.2 Å². The number of nitrogens with one attached hydrogen (secondary N) is 1. The first-order valence-corrected chi connectivity index (χ1v) is 8.72. The van der Waals surface area contributed by atoms with Crippen LogP contribution in [0.15, 0.2) is 29.2 Å². The Balaban J connectivity index is 2.22. The molecule has 0 aromatic heterocycles. The lowest BCUT2D eigenvalue weighted by molar-refractivity contribution is -0.137. The van der Waals surface area contributed by atoms with Crippen LogP contribution in [0.1, 0.15) is 18.4 Å². The number of primary amides is 1. The smallest absolute Gasteiger partial charge is 0.368 e. The second-order valence-electron chi connectivity index (χ2n) is 5.48. The molecule has 1 fully saturated rings. The van der Waals surface area contributed by atoms with E-state index in [0.717, 1.165) is 16.4 Å². The van der Waals surface area contributed by atoms with E-state index >= 15 is 0 Å². The fraction of sp³-hybridized carbons (Fsp3) is 0.429. The van der Waals surface area contributed by atoms with Crippen molar-refractivity contribution in [3.63, 3.8) is 0 Å². The first-order chi connectivity index (χ1) is 11.5. The van der Waals surface area contributed by atoms with Crippen LogP contribution >= 0.6 is 0 Å². The number of hydrogen-bond donors (Lipinski definition) is 2. The van der Waals surface area contributed by atoms with Gasteiger partial charge in [-0.2, -0.15) is 17.5 Å². The number of amides is 2. The fourth-order valence-corrected chi connectivity index (χ4v) is 4.19. The van der Waals surface area contributed by atoms with Gasteiger partial charge in [-0.05, 0) is 37.1 Å². The molecule has 1 aliphatic heterocycles. The zero-order valence-corrected chi connectivity index (χ0v) is 13.7. The summed E-state index contributed by atoms with van der Waals surface area (Å²) in [6.45, 7) is -0.373. The molecule has 1 aromatic carbocycles. The van der Waals surface area contributed by atoms with Crippen LogP contribution < -0.4 is 11.1 Å². The van der Waals surface area contributed by atoms with Crippen molar-refractivity contribution in [3.05, 3.63) is 29.8 Å². The molecule has 1 heterocycles. The highest BCUT2D eigenvalue weighted by molar-refractivity contribution is 7.89. The van der Waals surface area contributed by atoms with Gasteiger partial charge in [0.05, 0.1) is 17.0 Å². The molecule has 0 radical (unpaired) electrons. The van der Waals surface area contributed by atoms with Crippen LogP contribution in [-0.2, 0) is 25.8 Å². The Labute approximate surface area is 142 Å². The van der Waals surface area contributed by atoms with Gasteiger partial charge in [-0.15, -0.1) is 0 Å². The summed E-state index contributed by atoms with van der Waals surface area (Å²) >= 11 is 0. The number of nitrogens with zero attached hydrogens (tertiary/aromatic N) is 1. The van der Waals surface area contributed by atoms with Gasteiger partial charge >= 0.3 is 6.18 Å². The molecule has 0 spiro atoms. The fourth-order valence-electron chi connectivity index (χ4n) is 2.53. The average Bonchev–Trinajstić information content (AvgIpc) is 3.02. The van der Waals surface area contributed by atoms with Gasteiger partial charge in [0.2, 0.25) is 21.8 Å². The Kier molecular flexibility index (Phi) is 5.37. The van der Waals surface area contributed by atoms with E-state index in [1.807, 2.05) is 0 Å². The molecular formula is C14H16F3N3O4S. The van der Waals surface area contributed by atoms with Crippen LogP contribution in [0.25, 0.3) is 0 Å². The number of alkyl halides is 3. The van der Waals surface area contributed by atoms with Gasteiger partial charge in [-0.3, -0.25) is 9.59 Å². The van der Waals surface area contributed by atoms with Crippen LogP contribution in [0, 0.1) is 0 Å². The van der Waals surface area contributed by atoms with Crippen molar-refractivity contribution in [1.82, 2.24) is 9.62 Å². The number of halogens is 3. The highest BCUT2D eigenvalue weighted by atomic mass is 32.2. The predicted molar refractivity (Wildman–Crippen MR) is 80.6 cm³/mol. The average molecular weight is 379 g/mol. The largest absolute Gasteiger partial charge is 0.416 e. The van der Waals surface area contributed by atoms with Crippen LogP contribution in [0.5, 0.6) is 0 Å². The maximum Gasteiger partial charge on any atom is 0.416 e. The molecule has 1 aromatic rings. The lowest BCUT2D eigenvalue weighted by Gasteiger charge is -2.23. The SMILES string of the molecule is NC(=O)CNC(=O)C1CCCN1S(=O)(=O)c1ccc(C(F)(F)F)cc1. The molecule has 3 N–H and O–H groups in total. The normalized spacial score (nSPS) is 18.9. The minimum atomic E-state index is -4.58. The summed E-state index contributed by atoms with van der Waals surface area (Å²) in [5.41, 5.74) is 3.95. The van der Waals surface area contributed by atoms with Crippen molar-refractivity contribution in [3.8, 4) is 0 Å². The van der Waals surface area contributed by atoms with Gasteiger partial charge in [0.25, 0.3) is 0 Å². The molecule has 138 valence electrons. The predicted octanol–water partition coefficient (Wildman–Crippen LogP) is 0.460. The van der Waals surface area contributed by atoms with Gasteiger partial charge in [-0.1, -0.05) is 0 Å². The number of rotatable bonds is 5. The van der Waals surface area contributed by atoms with Crippen molar-refractivity contribution in [1.29, 1.82) is 0 Å². The zero-order chi connectivity index (χ0) is 18.8. The number of nitrogens with two attached hydrogens (primary N) is 1. The summed E-state index contributed by atoms with van der Waals surface area (Å²) < 4.78 is 63.9. The highest BCUT2D eigenvalue weighted by Crippen LogP contribution is 2.31. The quantitative estimate of drug-likeness (QED) is 0.774. The molecule has 0 bridgehead atoms. The molecule has 2 rings (SSSR count). The molecule has 0 aliphatic carbocycles. The molecule has 7 nitrogen and oxygen atoms in total. The Morgan fingerprint density at radius 2 is 1.84 bits per heavy atom. The van der Waals surface area contributed by atoms with Crippen LogP contribution in [0.3, 0.4) is 0 Å². The molecular weight excluding hydrogens is 363 g/mol. The maximum absolute atomic E-state index is 12.6. The second kappa shape index (κ2) is 7.00. The Hall–Kier alpha value is -2.14. The lowest BCUT2D eigenvalue weighted by Crippen LogP contribution is -2.47. The van der Waals surface area contributed by atoms with Crippen molar-refractivity contribution < 1.29 is 31.2 Å². The van der Waals surface area contributed by atoms with Crippen molar-refractivity contribution in [2.24, 2.45) is 5.73 Å². The number of benzene rings is 1. The van der Waals surface area contributed by atoms with Crippen LogP contribution in [0.2, 0.25) is 0 Å². The Morgan fingerprint density at radius 1 is 1.24 bits per heavy atom. The monoisotopic (exact) mass is 379 g/mol. The molecule has 1 aliphatic rings. The molecule has 1 saturated heterocycles. The first kappa shape index (κ1) is 19.2. The van der Waals surface area contributed by atoms with E-state index in [9.17, 15) is 31.2 Å². The van der Waals surface area contributed by atoms with Crippen LogP contribution in [0.4, 0.5) is 13.2 Å².